The molecule has 3 N–H and O–H groups in total. The second kappa shape index (κ2) is 4.91. The summed E-state index contributed by atoms with van der Waals surface area (Å²) in [5.41, 5.74) is -1.02. The van der Waals surface area contributed by atoms with Gasteiger partial charge in [0.1, 0.15) is 0 Å². The largest absolute Gasteiger partial charge is 0.393 e. The van der Waals surface area contributed by atoms with Gasteiger partial charge in [-0.1, -0.05) is 0 Å². The number of aliphatic hydroxyl groups is 2. The van der Waals surface area contributed by atoms with Gasteiger partial charge in [0, 0.05) is 19.7 Å². The van der Waals surface area contributed by atoms with Gasteiger partial charge >= 0.3 is 0 Å². The van der Waals surface area contributed by atoms with E-state index in [0.717, 1.165) is 26.0 Å². The average Bonchev–Trinajstić information content (AvgIpc) is 2.57. The Labute approximate surface area is 78.9 Å². The fourth-order valence-corrected chi connectivity index (χ4v) is 1.36. The standard InChI is InChI=1S/C9H19NO3/c1-9(12,7-11)6-10-5-8-3-2-4-13-8/h8,10-12H,2-7H2,1H3. The smallest absolute Gasteiger partial charge is 0.0972 e. The molecule has 78 valence electrons. The number of hydrogen-bond acceptors (Lipinski definition) is 4. The zero-order valence-corrected chi connectivity index (χ0v) is 8.12. The van der Waals surface area contributed by atoms with Crippen LogP contribution in [0.4, 0.5) is 0 Å². The Hall–Kier alpha value is -0.160. The third-order valence-electron chi connectivity index (χ3n) is 2.24. The van der Waals surface area contributed by atoms with Crippen LogP contribution in [0.15, 0.2) is 0 Å². The first kappa shape index (κ1) is 10.9. The normalized spacial score (nSPS) is 27.5. The van der Waals surface area contributed by atoms with Crippen LogP contribution in [0.5, 0.6) is 0 Å². The zero-order valence-electron chi connectivity index (χ0n) is 8.12. The van der Waals surface area contributed by atoms with E-state index in [9.17, 15) is 5.11 Å². The van der Waals surface area contributed by atoms with E-state index in [1.165, 1.54) is 0 Å². The van der Waals surface area contributed by atoms with E-state index in [0.29, 0.717) is 6.54 Å². The van der Waals surface area contributed by atoms with Gasteiger partial charge in [0.15, 0.2) is 0 Å². The van der Waals surface area contributed by atoms with Crippen molar-refractivity contribution in [2.45, 2.75) is 31.5 Å². The Morgan fingerprint density at radius 1 is 1.62 bits per heavy atom. The van der Waals surface area contributed by atoms with E-state index in [1.807, 2.05) is 0 Å². The summed E-state index contributed by atoms with van der Waals surface area (Å²) in [6, 6.07) is 0. The van der Waals surface area contributed by atoms with Gasteiger partial charge < -0.3 is 20.3 Å². The minimum absolute atomic E-state index is 0.217. The molecule has 4 heteroatoms. The van der Waals surface area contributed by atoms with Gasteiger partial charge in [0.05, 0.1) is 18.3 Å². The van der Waals surface area contributed by atoms with Gasteiger partial charge in [-0.2, -0.15) is 0 Å². The molecule has 0 radical (unpaired) electrons. The van der Waals surface area contributed by atoms with Crippen molar-refractivity contribution in [1.82, 2.24) is 5.32 Å². The second-order valence-corrected chi connectivity index (χ2v) is 3.92. The molecule has 1 fully saturated rings. The molecule has 4 nitrogen and oxygen atoms in total. The van der Waals surface area contributed by atoms with Crippen LogP contribution in [0.1, 0.15) is 19.8 Å². The molecule has 2 atom stereocenters. The maximum Gasteiger partial charge on any atom is 0.0972 e. The van der Waals surface area contributed by atoms with E-state index in [2.05, 4.69) is 5.32 Å². The summed E-state index contributed by atoms with van der Waals surface area (Å²) in [7, 11) is 0. The first-order chi connectivity index (χ1) is 6.14. The van der Waals surface area contributed by atoms with E-state index in [4.69, 9.17) is 9.84 Å². The molecule has 0 aromatic carbocycles. The lowest BCUT2D eigenvalue weighted by atomic mass is 10.1. The molecular formula is C9H19NO3. The first-order valence-corrected chi connectivity index (χ1v) is 4.79. The fraction of sp³-hybridized carbons (Fsp3) is 1.00. The van der Waals surface area contributed by atoms with E-state index in [-0.39, 0.29) is 12.7 Å². The molecule has 1 rings (SSSR count). The summed E-state index contributed by atoms with van der Waals surface area (Å²) in [6.45, 7) is 3.41. The molecule has 0 amide bonds. The van der Waals surface area contributed by atoms with Crippen LogP contribution >= 0.6 is 0 Å². The van der Waals surface area contributed by atoms with Gasteiger partial charge in [-0.15, -0.1) is 0 Å². The SMILES string of the molecule is CC(O)(CO)CNCC1CCCO1. The Kier molecular flexibility index (Phi) is 4.12. The molecule has 2 unspecified atom stereocenters. The lowest BCUT2D eigenvalue weighted by Crippen LogP contribution is -2.43. The number of hydrogen-bond donors (Lipinski definition) is 3. The van der Waals surface area contributed by atoms with Crippen LogP contribution in [-0.2, 0) is 4.74 Å². The molecule has 0 bridgehead atoms. The maximum atomic E-state index is 9.44. The van der Waals surface area contributed by atoms with Crippen molar-refractivity contribution in [3.8, 4) is 0 Å². The first-order valence-electron chi connectivity index (χ1n) is 4.79. The highest BCUT2D eigenvalue weighted by atomic mass is 16.5. The van der Waals surface area contributed by atoms with Crippen molar-refractivity contribution < 1.29 is 14.9 Å². The number of aliphatic hydroxyl groups excluding tert-OH is 1. The van der Waals surface area contributed by atoms with Crippen molar-refractivity contribution >= 4 is 0 Å². The van der Waals surface area contributed by atoms with Crippen LogP contribution in [0.25, 0.3) is 0 Å². The quantitative estimate of drug-likeness (QED) is 0.545. The molecule has 0 aromatic rings. The molecule has 0 aromatic heterocycles. The monoisotopic (exact) mass is 189 g/mol. The topological polar surface area (TPSA) is 61.7 Å². The summed E-state index contributed by atoms with van der Waals surface area (Å²) >= 11 is 0. The van der Waals surface area contributed by atoms with Crippen LogP contribution in [0.3, 0.4) is 0 Å². The molecule has 1 saturated heterocycles. The molecule has 1 heterocycles. The van der Waals surface area contributed by atoms with Crippen molar-refractivity contribution in [1.29, 1.82) is 0 Å². The zero-order chi connectivity index (χ0) is 9.73. The van der Waals surface area contributed by atoms with Crippen LogP contribution < -0.4 is 5.32 Å². The van der Waals surface area contributed by atoms with Gasteiger partial charge in [0.25, 0.3) is 0 Å². The van der Waals surface area contributed by atoms with Gasteiger partial charge in [-0.05, 0) is 19.8 Å². The highest BCUT2D eigenvalue weighted by Gasteiger charge is 2.20. The molecule has 0 saturated carbocycles. The van der Waals surface area contributed by atoms with E-state index in [1.54, 1.807) is 6.92 Å². The Bertz CT molecular complexity index is 144. The average molecular weight is 189 g/mol. The lowest BCUT2D eigenvalue weighted by molar-refractivity contribution is 0.00000117. The van der Waals surface area contributed by atoms with E-state index >= 15 is 0 Å². The number of ether oxygens (including phenoxy) is 1. The third kappa shape index (κ3) is 4.04. The Balaban J connectivity index is 2.06. The molecule has 1 aliphatic heterocycles. The second-order valence-electron chi connectivity index (χ2n) is 3.92. The summed E-state index contributed by atoms with van der Waals surface area (Å²) in [5.74, 6) is 0. The summed E-state index contributed by atoms with van der Waals surface area (Å²) in [4.78, 5) is 0. The summed E-state index contributed by atoms with van der Waals surface area (Å²) in [6.07, 6.45) is 2.51. The fourth-order valence-electron chi connectivity index (χ4n) is 1.36. The van der Waals surface area contributed by atoms with Crippen LogP contribution in [0.2, 0.25) is 0 Å². The van der Waals surface area contributed by atoms with Crippen molar-refractivity contribution in [2.75, 3.05) is 26.3 Å². The molecule has 13 heavy (non-hydrogen) atoms. The van der Waals surface area contributed by atoms with Gasteiger partial charge in [0.2, 0.25) is 0 Å². The minimum Gasteiger partial charge on any atom is -0.393 e. The Morgan fingerprint density at radius 3 is 2.92 bits per heavy atom. The molecule has 1 aliphatic rings. The predicted molar refractivity (Wildman–Crippen MR) is 49.6 cm³/mol. The Morgan fingerprint density at radius 2 is 2.38 bits per heavy atom. The highest BCUT2D eigenvalue weighted by molar-refractivity contribution is 4.76. The maximum absolute atomic E-state index is 9.44. The predicted octanol–water partition coefficient (Wildman–Crippen LogP) is -0.502. The van der Waals surface area contributed by atoms with Gasteiger partial charge in [-0.3, -0.25) is 0 Å². The number of nitrogens with one attached hydrogen (secondary N) is 1. The van der Waals surface area contributed by atoms with Crippen molar-refractivity contribution in [2.24, 2.45) is 0 Å². The minimum atomic E-state index is -1.02. The lowest BCUT2D eigenvalue weighted by Gasteiger charge is -2.21. The van der Waals surface area contributed by atoms with Gasteiger partial charge in [-0.25, -0.2) is 0 Å². The van der Waals surface area contributed by atoms with Crippen LogP contribution in [0, 0.1) is 0 Å². The third-order valence-corrected chi connectivity index (χ3v) is 2.24. The van der Waals surface area contributed by atoms with E-state index < -0.39 is 5.60 Å². The van der Waals surface area contributed by atoms with Crippen LogP contribution in [-0.4, -0.2) is 48.2 Å². The molecule has 0 spiro atoms. The molecular weight excluding hydrogens is 170 g/mol. The summed E-state index contributed by atoms with van der Waals surface area (Å²) in [5, 5.41) is 21.3. The van der Waals surface area contributed by atoms with Crippen molar-refractivity contribution in [3.05, 3.63) is 0 Å². The summed E-state index contributed by atoms with van der Waals surface area (Å²) < 4.78 is 5.39. The highest BCUT2D eigenvalue weighted by Crippen LogP contribution is 2.10. The molecule has 0 aliphatic carbocycles. The number of rotatable bonds is 5. The van der Waals surface area contributed by atoms with Crippen molar-refractivity contribution in [3.63, 3.8) is 0 Å².